The molecule has 1 N–H and O–H groups in total. The first-order valence-corrected chi connectivity index (χ1v) is 7.59. The Kier molecular flexibility index (Phi) is 4.61. The fourth-order valence-electron chi connectivity index (χ4n) is 2.32. The Morgan fingerprint density at radius 3 is 2.58 bits per heavy atom. The van der Waals surface area contributed by atoms with E-state index in [0.717, 1.165) is 37.0 Å². The van der Waals surface area contributed by atoms with E-state index in [9.17, 15) is 0 Å². The molecule has 0 bridgehead atoms. The highest BCUT2D eigenvalue weighted by Gasteiger charge is 2.28. The van der Waals surface area contributed by atoms with Gasteiger partial charge >= 0.3 is 0 Å². The molecular formula is C15H26N4. The monoisotopic (exact) mass is 262 g/mol. The van der Waals surface area contributed by atoms with Crippen LogP contribution in [0.2, 0.25) is 0 Å². The van der Waals surface area contributed by atoms with Crippen LogP contribution in [0.1, 0.15) is 58.7 Å². The van der Waals surface area contributed by atoms with Crippen molar-refractivity contribution in [2.45, 2.75) is 58.9 Å². The molecule has 0 aromatic carbocycles. The molecule has 1 heterocycles. The van der Waals surface area contributed by atoms with Gasteiger partial charge in [-0.15, -0.1) is 0 Å². The van der Waals surface area contributed by atoms with E-state index in [4.69, 9.17) is 4.98 Å². The molecular weight excluding hydrogens is 236 g/mol. The molecule has 1 aliphatic rings. The molecule has 0 aliphatic heterocycles. The molecule has 106 valence electrons. The Morgan fingerprint density at radius 1 is 1.32 bits per heavy atom. The fourth-order valence-corrected chi connectivity index (χ4v) is 2.32. The van der Waals surface area contributed by atoms with Crippen LogP contribution in [-0.2, 0) is 0 Å². The largest absolute Gasteiger partial charge is 0.370 e. The summed E-state index contributed by atoms with van der Waals surface area (Å²) < 4.78 is 0. The molecule has 0 amide bonds. The van der Waals surface area contributed by atoms with Gasteiger partial charge in [-0.05, 0) is 40.0 Å². The molecule has 4 nitrogen and oxygen atoms in total. The predicted molar refractivity (Wildman–Crippen MR) is 80.9 cm³/mol. The molecule has 1 aromatic heterocycles. The van der Waals surface area contributed by atoms with Gasteiger partial charge in [0.2, 0.25) is 0 Å². The van der Waals surface area contributed by atoms with Crippen molar-refractivity contribution in [3.05, 3.63) is 11.9 Å². The second-order valence-electron chi connectivity index (χ2n) is 5.32. The van der Waals surface area contributed by atoms with Crippen LogP contribution in [0.4, 0.5) is 11.6 Å². The summed E-state index contributed by atoms with van der Waals surface area (Å²) in [5.74, 6) is 3.66. The summed E-state index contributed by atoms with van der Waals surface area (Å²) in [5.41, 5.74) is 0. The van der Waals surface area contributed by atoms with E-state index >= 15 is 0 Å². The third-order valence-corrected chi connectivity index (χ3v) is 3.79. The van der Waals surface area contributed by atoms with Crippen molar-refractivity contribution in [1.29, 1.82) is 0 Å². The lowest BCUT2D eigenvalue weighted by Crippen LogP contribution is -2.33. The van der Waals surface area contributed by atoms with E-state index in [2.05, 4.69) is 49.0 Å². The zero-order valence-corrected chi connectivity index (χ0v) is 12.6. The van der Waals surface area contributed by atoms with Gasteiger partial charge in [-0.3, -0.25) is 0 Å². The summed E-state index contributed by atoms with van der Waals surface area (Å²) >= 11 is 0. The minimum atomic E-state index is 0.515. The van der Waals surface area contributed by atoms with Crippen molar-refractivity contribution in [3.8, 4) is 0 Å². The van der Waals surface area contributed by atoms with Crippen molar-refractivity contribution in [1.82, 2.24) is 9.97 Å². The summed E-state index contributed by atoms with van der Waals surface area (Å²) in [6.07, 6.45) is 3.61. The van der Waals surface area contributed by atoms with Crippen LogP contribution in [0.25, 0.3) is 0 Å². The highest BCUT2D eigenvalue weighted by atomic mass is 15.2. The van der Waals surface area contributed by atoms with Crippen LogP contribution in [0.5, 0.6) is 0 Å². The standard InChI is InChI=1S/C15H26N4/c1-5-11(4)19(7-3)14-10-13(16-6-2)17-15(18-14)12-8-9-12/h10-12H,5-9H2,1-4H3,(H,16,17,18). The normalized spacial score (nSPS) is 16.2. The Bertz CT molecular complexity index is 415. The smallest absolute Gasteiger partial charge is 0.136 e. The number of anilines is 2. The van der Waals surface area contributed by atoms with Gasteiger partial charge in [0.05, 0.1) is 0 Å². The predicted octanol–water partition coefficient (Wildman–Crippen LogP) is 3.41. The fraction of sp³-hybridized carbons (Fsp3) is 0.733. The van der Waals surface area contributed by atoms with Crippen LogP contribution < -0.4 is 10.2 Å². The van der Waals surface area contributed by atoms with Gasteiger partial charge in [-0.1, -0.05) is 6.92 Å². The number of nitrogens with one attached hydrogen (secondary N) is 1. The zero-order valence-electron chi connectivity index (χ0n) is 12.6. The topological polar surface area (TPSA) is 41.0 Å². The van der Waals surface area contributed by atoms with E-state index in [0.29, 0.717) is 12.0 Å². The first-order valence-electron chi connectivity index (χ1n) is 7.59. The first-order chi connectivity index (χ1) is 9.19. The van der Waals surface area contributed by atoms with Gasteiger partial charge in [-0.25, -0.2) is 9.97 Å². The van der Waals surface area contributed by atoms with Gasteiger partial charge in [0, 0.05) is 31.1 Å². The quantitative estimate of drug-likeness (QED) is 0.817. The first kappa shape index (κ1) is 14.1. The average molecular weight is 262 g/mol. The zero-order chi connectivity index (χ0) is 13.8. The van der Waals surface area contributed by atoms with Crippen LogP contribution in [0, 0.1) is 0 Å². The molecule has 0 spiro atoms. The molecule has 0 radical (unpaired) electrons. The lowest BCUT2D eigenvalue weighted by molar-refractivity contribution is 0.620. The van der Waals surface area contributed by atoms with Gasteiger partial charge in [0.25, 0.3) is 0 Å². The molecule has 1 fully saturated rings. The van der Waals surface area contributed by atoms with Gasteiger partial charge < -0.3 is 10.2 Å². The molecule has 1 aromatic rings. The number of hydrogen-bond donors (Lipinski definition) is 1. The van der Waals surface area contributed by atoms with E-state index < -0.39 is 0 Å². The molecule has 4 heteroatoms. The lowest BCUT2D eigenvalue weighted by atomic mass is 10.2. The maximum absolute atomic E-state index is 4.79. The molecule has 19 heavy (non-hydrogen) atoms. The Labute approximate surface area is 116 Å². The average Bonchev–Trinajstić information content (AvgIpc) is 3.24. The van der Waals surface area contributed by atoms with Crippen molar-refractivity contribution in [2.24, 2.45) is 0 Å². The van der Waals surface area contributed by atoms with Crippen LogP contribution in [-0.4, -0.2) is 29.1 Å². The second-order valence-corrected chi connectivity index (χ2v) is 5.32. The highest BCUT2D eigenvalue weighted by Crippen LogP contribution is 2.39. The highest BCUT2D eigenvalue weighted by molar-refractivity contribution is 5.50. The Morgan fingerprint density at radius 2 is 2.05 bits per heavy atom. The Balaban J connectivity index is 2.31. The molecule has 1 unspecified atom stereocenters. The summed E-state index contributed by atoms with van der Waals surface area (Å²) in [6, 6.07) is 2.60. The maximum atomic E-state index is 4.79. The number of aromatic nitrogens is 2. The van der Waals surface area contributed by atoms with Gasteiger partial charge in [-0.2, -0.15) is 0 Å². The molecule has 2 rings (SSSR count). The van der Waals surface area contributed by atoms with Crippen molar-refractivity contribution >= 4 is 11.6 Å². The van der Waals surface area contributed by atoms with Crippen LogP contribution >= 0.6 is 0 Å². The Hall–Kier alpha value is -1.32. The van der Waals surface area contributed by atoms with E-state index in [-0.39, 0.29) is 0 Å². The van der Waals surface area contributed by atoms with Gasteiger partial charge in [0.1, 0.15) is 17.5 Å². The number of hydrogen-bond acceptors (Lipinski definition) is 4. The van der Waals surface area contributed by atoms with E-state index in [1.807, 2.05) is 0 Å². The second kappa shape index (κ2) is 6.22. The summed E-state index contributed by atoms with van der Waals surface area (Å²) in [6.45, 7) is 10.7. The minimum Gasteiger partial charge on any atom is -0.370 e. The molecule has 1 aliphatic carbocycles. The third kappa shape index (κ3) is 3.37. The van der Waals surface area contributed by atoms with Gasteiger partial charge in [0.15, 0.2) is 0 Å². The third-order valence-electron chi connectivity index (χ3n) is 3.79. The number of nitrogens with zero attached hydrogens (tertiary/aromatic N) is 3. The molecule has 1 saturated carbocycles. The maximum Gasteiger partial charge on any atom is 0.136 e. The summed E-state index contributed by atoms with van der Waals surface area (Å²) in [4.78, 5) is 11.8. The molecule has 0 saturated heterocycles. The van der Waals surface area contributed by atoms with Crippen molar-refractivity contribution in [3.63, 3.8) is 0 Å². The molecule has 1 atom stereocenters. The van der Waals surface area contributed by atoms with Crippen molar-refractivity contribution in [2.75, 3.05) is 23.3 Å². The summed E-state index contributed by atoms with van der Waals surface area (Å²) in [5, 5.41) is 3.33. The lowest BCUT2D eigenvalue weighted by Gasteiger charge is -2.29. The number of rotatable bonds is 7. The van der Waals surface area contributed by atoms with Crippen LogP contribution in [0.3, 0.4) is 0 Å². The van der Waals surface area contributed by atoms with Crippen LogP contribution in [0.15, 0.2) is 6.07 Å². The van der Waals surface area contributed by atoms with E-state index in [1.54, 1.807) is 0 Å². The van der Waals surface area contributed by atoms with E-state index in [1.165, 1.54) is 12.8 Å². The SMILES string of the molecule is CCNc1cc(N(CC)C(C)CC)nc(C2CC2)n1. The van der Waals surface area contributed by atoms with Crippen molar-refractivity contribution < 1.29 is 0 Å². The minimum absolute atomic E-state index is 0.515. The summed E-state index contributed by atoms with van der Waals surface area (Å²) in [7, 11) is 0.